The highest BCUT2D eigenvalue weighted by Crippen LogP contribution is 2.48. The smallest absolute Gasteiger partial charge is 0.0683 e. The maximum absolute atomic E-state index is 2.57. The fraction of sp³-hybridized carbons (Fsp3) is 0.200. The second-order valence-corrected chi connectivity index (χ2v) is 12.9. The first-order valence-corrected chi connectivity index (χ1v) is 12.6. The Balaban J connectivity index is 1.73. The van der Waals surface area contributed by atoms with Gasteiger partial charge in [0.05, 0.1) is 8.07 Å². The van der Waals surface area contributed by atoms with E-state index in [-0.39, 0.29) is 0 Å². The van der Waals surface area contributed by atoms with Crippen molar-refractivity contribution < 1.29 is 0 Å². The van der Waals surface area contributed by atoms with Crippen LogP contribution in [0, 0.1) is 0 Å². The summed E-state index contributed by atoms with van der Waals surface area (Å²) in [6, 6.07) is 25.1. The van der Waals surface area contributed by atoms with Crippen LogP contribution in [0.4, 0.5) is 0 Å². The van der Waals surface area contributed by atoms with E-state index in [0.29, 0.717) is 5.54 Å². The molecule has 128 valence electrons. The third kappa shape index (κ3) is 2.13. The van der Waals surface area contributed by atoms with Crippen molar-refractivity contribution in [3.05, 3.63) is 94.6 Å². The van der Waals surface area contributed by atoms with Crippen LogP contribution >= 0.6 is 0 Å². The summed E-state index contributed by atoms with van der Waals surface area (Å²) in [5.74, 6) is 0. The molecule has 0 heterocycles. The van der Waals surface area contributed by atoms with Gasteiger partial charge >= 0.3 is 0 Å². The molecule has 5 rings (SSSR count). The van der Waals surface area contributed by atoms with E-state index in [1.54, 1.807) is 10.8 Å². The summed E-state index contributed by atoms with van der Waals surface area (Å²) in [6.45, 7) is 7.40. The van der Waals surface area contributed by atoms with Gasteiger partial charge in [0.2, 0.25) is 0 Å². The maximum Gasteiger partial charge on any atom is 0.0931 e. The molecule has 0 aliphatic heterocycles. The van der Waals surface area contributed by atoms with E-state index < -0.39 is 8.07 Å². The Morgan fingerprint density at radius 3 is 2.04 bits per heavy atom. The van der Waals surface area contributed by atoms with Gasteiger partial charge in [-0.2, -0.15) is 0 Å². The molecule has 0 N–H and O–H groups in total. The summed E-state index contributed by atoms with van der Waals surface area (Å²) in [5.41, 5.74) is 11.0. The van der Waals surface area contributed by atoms with Gasteiger partial charge in [-0.25, -0.2) is 0 Å². The molecule has 26 heavy (non-hydrogen) atoms. The molecular formula is C25H24Si. The second kappa shape index (κ2) is 5.56. The summed E-state index contributed by atoms with van der Waals surface area (Å²) >= 11 is 0. The summed E-state index contributed by atoms with van der Waals surface area (Å²) in [7, 11) is -1.77. The van der Waals surface area contributed by atoms with Gasteiger partial charge in [-0.05, 0) is 46.7 Å². The highest BCUT2D eigenvalue weighted by atomic mass is 28.3. The molecule has 3 aromatic carbocycles. The minimum absolute atomic E-state index is 0.530. The van der Waals surface area contributed by atoms with Crippen LogP contribution in [0.1, 0.15) is 34.7 Å². The van der Waals surface area contributed by atoms with Gasteiger partial charge < -0.3 is 0 Å². The molecule has 0 bridgehead atoms. The van der Waals surface area contributed by atoms with E-state index in [2.05, 4.69) is 92.8 Å². The van der Waals surface area contributed by atoms with Crippen LogP contribution in [0.2, 0.25) is 13.1 Å². The van der Waals surface area contributed by atoms with Gasteiger partial charge in [-0.3, -0.25) is 0 Å². The first kappa shape index (κ1) is 15.8. The van der Waals surface area contributed by atoms with E-state index in [9.17, 15) is 0 Å². The number of hydrogen-bond donors (Lipinski definition) is 0. The maximum atomic E-state index is 2.57. The monoisotopic (exact) mass is 352 g/mol. The lowest BCUT2D eigenvalue weighted by Crippen LogP contribution is -2.49. The molecule has 1 heteroatoms. The molecule has 0 spiro atoms. The van der Waals surface area contributed by atoms with Crippen molar-refractivity contribution in [2.75, 3.05) is 0 Å². The van der Waals surface area contributed by atoms with Crippen molar-refractivity contribution in [2.24, 2.45) is 0 Å². The summed E-state index contributed by atoms with van der Waals surface area (Å²) in [6.07, 6.45) is 3.50. The molecule has 0 saturated carbocycles. The van der Waals surface area contributed by atoms with Crippen molar-refractivity contribution in [3.8, 4) is 11.1 Å². The molecule has 0 atom stereocenters. The summed E-state index contributed by atoms with van der Waals surface area (Å²) in [5, 5.41) is 1.64. The van der Waals surface area contributed by atoms with E-state index in [4.69, 9.17) is 0 Å². The lowest BCUT2D eigenvalue weighted by atomic mass is 10.1. The van der Waals surface area contributed by atoms with Crippen LogP contribution in [0.3, 0.4) is 0 Å². The SMILES string of the molecule is CC1=Cc2cccc([Si](C)(C)C3c4ccccc4-c4ccccc43)c2C1. The number of rotatable bonds is 2. The molecule has 0 radical (unpaired) electrons. The van der Waals surface area contributed by atoms with Crippen molar-refractivity contribution in [1.29, 1.82) is 0 Å². The molecule has 3 aromatic rings. The lowest BCUT2D eigenvalue weighted by Gasteiger charge is -2.33. The van der Waals surface area contributed by atoms with E-state index in [1.807, 2.05) is 0 Å². The minimum atomic E-state index is -1.77. The van der Waals surface area contributed by atoms with Crippen LogP contribution in [0.5, 0.6) is 0 Å². The lowest BCUT2D eigenvalue weighted by molar-refractivity contribution is 1.12. The number of fused-ring (bicyclic) bond motifs is 4. The molecular weight excluding hydrogens is 328 g/mol. The van der Waals surface area contributed by atoms with Crippen molar-refractivity contribution in [3.63, 3.8) is 0 Å². The molecule has 0 amide bonds. The minimum Gasteiger partial charge on any atom is -0.0683 e. The van der Waals surface area contributed by atoms with Crippen LogP contribution in [-0.2, 0) is 6.42 Å². The zero-order valence-corrected chi connectivity index (χ0v) is 16.7. The largest absolute Gasteiger partial charge is 0.0931 e. The standard InChI is InChI=1S/C25H24Si/c1-17-15-18-9-8-14-24(23(18)16-17)26(2,3)25-21-12-6-4-10-19(21)20-11-5-7-13-22(20)25/h4-15,25H,16H2,1-3H3. The molecule has 0 unspecified atom stereocenters. The topological polar surface area (TPSA) is 0 Å². The van der Waals surface area contributed by atoms with Gasteiger partial charge in [0.1, 0.15) is 0 Å². The van der Waals surface area contributed by atoms with Crippen LogP contribution in [0.25, 0.3) is 17.2 Å². The third-order valence-corrected chi connectivity index (χ3v) is 10.2. The highest BCUT2D eigenvalue weighted by molar-refractivity contribution is 6.92. The van der Waals surface area contributed by atoms with Gasteiger partial charge in [-0.1, -0.05) is 96.7 Å². The Hall–Kier alpha value is -2.38. The van der Waals surface area contributed by atoms with Crippen molar-refractivity contribution >= 4 is 19.3 Å². The normalized spacial score (nSPS) is 15.4. The number of allylic oxidation sites excluding steroid dienone is 1. The van der Waals surface area contributed by atoms with Crippen LogP contribution < -0.4 is 5.19 Å². The van der Waals surface area contributed by atoms with Gasteiger partial charge in [0.25, 0.3) is 0 Å². The van der Waals surface area contributed by atoms with Gasteiger partial charge in [-0.15, -0.1) is 0 Å². The second-order valence-electron chi connectivity index (χ2n) is 8.37. The predicted molar refractivity (Wildman–Crippen MR) is 115 cm³/mol. The molecule has 2 aliphatic rings. The Morgan fingerprint density at radius 1 is 0.769 bits per heavy atom. The summed E-state index contributed by atoms with van der Waals surface area (Å²) < 4.78 is 0. The van der Waals surface area contributed by atoms with E-state index in [0.717, 1.165) is 6.42 Å². The fourth-order valence-electron chi connectivity index (χ4n) is 5.22. The van der Waals surface area contributed by atoms with Crippen LogP contribution in [-0.4, -0.2) is 8.07 Å². The first-order valence-electron chi connectivity index (χ1n) is 9.55. The molecule has 2 aliphatic carbocycles. The van der Waals surface area contributed by atoms with Gasteiger partial charge in [0, 0.05) is 5.54 Å². The average Bonchev–Trinajstić information content (AvgIpc) is 3.18. The molecule has 0 fully saturated rings. The Kier molecular flexibility index (Phi) is 3.38. The van der Waals surface area contributed by atoms with E-state index in [1.165, 1.54) is 33.4 Å². The zero-order valence-electron chi connectivity index (χ0n) is 15.7. The summed E-state index contributed by atoms with van der Waals surface area (Å²) in [4.78, 5) is 0. The van der Waals surface area contributed by atoms with E-state index >= 15 is 0 Å². The Morgan fingerprint density at radius 2 is 1.38 bits per heavy atom. The van der Waals surface area contributed by atoms with Crippen molar-refractivity contribution in [1.82, 2.24) is 0 Å². The van der Waals surface area contributed by atoms with Crippen molar-refractivity contribution in [2.45, 2.75) is 32.0 Å². The van der Waals surface area contributed by atoms with Gasteiger partial charge in [0.15, 0.2) is 0 Å². The Labute approximate surface area is 157 Å². The molecule has 0 aromatic heterocycles. The number of benzene rings is 3. The fourth-order valence-corrected chi connectivity index (χ4v) is 9.13. The predicted octanol–water partition coefficient (Wildman–Crippen LogP) is 5.91. The Bertz CT molecular complexity index is 1010. The molecule has 0 saturated heterocycles. The zero-order chi connectivity index (χ0) is 17.9. The van der Waals surface area contributed by atoms with Crippen LogP contribution in [0.15, 0.2) is 72.3 Å². The first-order chi connectivity index (χ1) is 12.6. The third-order valence-electron chi connectivity index (χ3n) is 6.32. The highest BCUT2D eigenvalue weighted by Gasteiger charge is 2.43. The number of hydrogen-bond acceptors (Lipinski definition) is 0. The average molecular weight is 353 g/mol. The molecule has 0 nitrogen and oxygen atoms in total. The quantitative estimate of drug-likeness (QED) is 0.503.